The summed E-state index contributed by atoms with van der Waals surface area (Å²) >= 11 is 0. The fourth-order valence-electron chi connectivity index (χ4n) is 3.86. The average Bonchev–Trinajstić information content (AvgIpc) is 2.83. The van der Waals surface area contributed by atoms with Gasteiger partial charge in [-0.05, 0) is 56.0 Å². The molecule has 8 heteroatoms. The highest BCUT2D eigenvalue weighted by Crippen LogP contribution is 2.32. The zero-order valence-corrected chi connectivity index (χ0v) is 18.4. The molecule has 3 aromatic rings. The number of H-pyrrole nitrogens is 1. The molecule has 168 valence electrons. The molecule has 1 aliphatic rings. The number of anilines is 1. The normalized spacial score (nSPS) is 13.8. The van der Waals surface area contributed by atoms with Gasteiger partial charge in [-0.25, -0.2) is 9.78 Å². The van der Waals surface area contributed by atoms with Crippen LogP contribution in [0.15, 0.2) is 41.2 Å². The van der Waals surface area contributed by atoms with Crippen molar-refractivity contribution in [1.82, 2.24) is 14.9 Å². The number of hydrogen-bond donors (Lipinski definition) is 2. The molecule has 4 rings (SSSR count). The van der Waals surface area contributed by atoms with Gasteiger partial charge in [0, 0.05) is 18.8 Å². The summed E-state index contributed by atoms with van der Waals surface area (Å²) < 4.78 is 11.3. The van der Waals surface area contributed by atoms with Crippen LogP contribution in [0.2, 0.25) is 0 Å². The van der Waals surface area contributed by atoms with Crippen molar-refractivity contribution in [1.29, 1.82) is 0 Å². The number of carbonyl (C=O) groups excluding carboxylic acids is 1. The van der Waals surface area contributed by atoms with Gasteiger partial charge in [0.2, 0.25) is 0 Å². The van der Waals surface area contributed by atoms with E-state index in [1.165, 1.54) is 0 Å². The molecule has 2 N–H and O–H groups in total. The number of likely N-dealkylation sites (tertiary alicyclic amines) is 1. The molecule has 8 nitrogen and oxygen atoms in total. The number of benzene rings is 2. The highest BCUT2D eigenvalue weighted by atomic mass is 16.5. The van der Waals surface area contributed by atoms with E-state index in [4.69, 9.17) is 9.47 Å². The van der Waals surface area contributed by atoms with Crippen LogP contribution >= 0.6 is 0 Å². The maximum atomic E-state index is 12.8. The van der Waals surface area contributed by atoms with Crippen molar-refractivity contribution in [3.05, 3.63) is 46.8 Å². The first kappa shape index (κ1) is 21.7. The molecule has 2 aromatic carbocycles. The lowest BCUT2D eigenvalue weighted by molar-refractivity contribution is 0.200. The van der Waals surface area contributed by atoms with Crippen LogP contribution in [0.25, 0.3) is 22.3 Å². The molecule has 0 aliphatic carbocycles. The molecule has 0 atom stereocenters. The molecule has 1 aliphatic heterocycles. The minimum atomic E-state index is -0.270. The summed E-state index contributed by atoms with van der Waals surface area (Å²) in [4.78, 5) is 34.8. The quantitative estimate of drug-likeness (QED) is 0.597. The Hall–Kier alpha value is -3.55. The lowest BCUT2D eigenvalue weighted by Crippen LogP contribution is -2.38. The first-order chi connectivity index (χ1) is 15.6. The molecule has 1 saturated heterocycles. The van der Waals surface area contributed by atoms with E-state index in [9.17, 15) is 9.59 Å². The Morgan fingerprint density at radius 3 is 2.72 bits per heavy atom. The number of methoxy groups -OCH3 is 1. The molecule has 0 bridgehead atoms. The van der Waals surface area contributed by atoms with Crippen LogP contribution in [0.3, 0.4) is 0 Å². The van der Waals surface area contributed by atoms with Gasteiger partial charge in [0.15, 0.2) is 0 Å². The summed E-state index contributed by atoms with van der Waals surface area (Å²) in [7, 11) is 1.55. The van der Waals surface area contributed by atoms with Crippen LogP contribution < -0.4 is 20.3 Å². The Morgan fingerprint density at radius 1 is 1.16 bits per heavy atom. The minimum Gasteiger partial charge on any atom is -0.494 e. The second-order valence-electron chi connectivity index (χ2n) is 7.81. The fraction of sp³-hybridized carbons (Fsp3) is 0.375. The van der Waals surface area contributed by atoms with E-state index in [1.807, 2.05) is 11.8 Å². The summed E-state index contributed by atoms with van der Waals surface area (Å²) in [6.45, 7) is 4.06. The molecule has 1 fully saturated rings. The average molecular weight is 437 g/mol. The van der Waals surface area contributed by atoms with E-state index < -0.39 is 0 Å². The molecular formula is C24H28N4O4. The number of carbonyl (C=O) groups is 1. The second kappa shape index (κ2) is 9.72. The smallest absolute Gasteiger partial charge is 0.321 e. The zero-order chi connectivity index (χ0) is 22.5. The van der Waals surface area contributed by atoms with Gasteiger partial charge in [-0.2, -0.15) is 0 Å². The Balaban J connectivity index is 1.74. The SMILES string of the molecule is CCCOc1ccc(NC(=O)N2CCCCC2)cc1-c1nc2c(OC)cccc2c(=O)[nH]1. The maximum absolute atomic E-state index is 12.8. The van der Waals surface area contributed by atoms with Crippen molar-refractivity contribution >= 4 is 22.6 Å². The second-order valence-corrected chi connectivity index (χ2v) is 7.81. The zero-order valence-electron chi connectivity index (χ0n) is 18.4. The molecule has 2 amide bonds. The number of rotatable bonds is 6. The number of urea groups is 1. The number of fused-ring (bicyclic) bond motifs is 1. The summed E-state index contributed by atoms with van der Waals surface area (Å²) in [6, 6.07) is 10.5. The Kier molecular flexibility index (Phi) is 6.58. The number of nitrogens with zero attached hydrogens (tertiary/aromatic N) is 2. The summed E-state index contributed by atoms with van der Waals surface area (Å²) in [5.41, 5.74) is 1.41. The van der Waals surface area contributed by atoms with Gasteiger partial charge in [0.25, 0.3) is 5.56 Å². The standard InChI is InChI=1S/C24H28N4O4/c1-3-14-32-19-11-10-16(25-24(30)28-12-5-4-6-13-28)15-18(19)22-26-21-17(23(29)27-22)8-7-9-20(21)31-2/h7-11,15H,3-6,12-14H2,1-2H3,(H,25,30)(H,26,27,29). The number of amides is 2. The van der Waals surface area contributed by atoms with Crippen molar-refractivity contribution in [2.75, 3.05) is 32.1 Å². The van der Waals surface area contributed by atoms with Crippen molar-refractivity contribution in [3.63, 3.8) is 0 Å². The number of ether oxygens (including phenoxy) is 2. The first-order valence-corrected chi connectivity index (χ1v) is 11.0. The summed E-state index contributed by atoms with van der Waals surface area (Å²) in [5.74, 6) is 1.45. The van der Waals surface area contributed by atoms with Crippen LogP contribution in [0.4, 0.5) is 10.5 Å². The molecule has 0 radical (unpaired) electrons. The topological polar surface area (TPSA) is 96.5 Å². The van der Waals surface area contributed by atoms with Crippen LogP contribution in [-0.4, -0.2) is 47.7 Å². The number of aromatic nitrogens is 2. The largest absolute Gasteiger partial charge is 0.494 e. The molecule has 32 heavy (non-hydrogen) atoms. The van der Waals surface area contributed by atoms with Gasteiger partial charge in [0.05, 0.1) is 24.7 Å². The lowest BCUT2D eigenvalue weighted by atomic mass is 10.1. The van der Waals surface area contributed by atoms with E-state index in [0.717, 1.165) is 38.8 Å². The summed E-state index contributed by atoms with van der Waals surface area (Å²) in [5, 5.41) is 3.41. The maximum Gasteiger partial charge on any atom is 0.321 e. The highest BCUT2D eigenvalue weighted by molar-refractivity contribution is 5.91. The third-order valence-corrected chi connectivity index (χ3v) is 5.51. The lowest BCUT2D eigenvalue weighted by Gasteiger charge is -2.27. The molecule has 1 aromatic heterocycles. The van der Waals surface area contributed by atoms with Gasteiger partial charge in [-0.3, -0.25) is 4.79 Å². The summed E-state index contributed by atoms with van der Waals surface area (Å²) in [6.07, 6.45) is 4.03. The Bertz CT molecular complexity index is 1170. The Morgan fingerprint density at radius 2 is 1.97 bits per heavy atom. The van der Waals surface area contributed by atoms with E-state index in [0.29, 0.717) is 46.1 Å². The van der Waals surface area contributed by atoms with Gasteiger partial charge < -0.3 is 24.7 Å². The van der Waals surface area contributed by atoms with Crippen LogP contribution in [0, 0.1) is 0 Å². The van der Waals surface area contributed by atoms with E-state index in [-0.39, 0.29) is 11.6 Å². The number of piperidine rings is 1. The van der Waals surface area contributed by atoms with Gasteiger partial charge in [0.1, 0.15) is 22.8 Å². The van der Waals surface area contributed by atoms with Crippen LogP contribution in [0.5, 0.6) is 11.5 Å². The van der Waals surface area contributed by atoms with Crippen LogP contribution in [0.1, 0.15) is 32.6 Å². The number of hydrogen-bond acceptors (Lipinski definition) is 5. The predicted molar refractivity (Wildman–Crippen MR) is 125 cm³/mol. The Labute approximate surface area is 186 Å². The fourth-order valence-corrected chi connectivity index (χ4v) is 3.86. The molecular weight excluding hydrogens is 408 g/mol. The van der Waals surface area contributed by atoms with Crippen molar-refractivity contribution < 1.29 is 14.3 Å². The van der Waals surface area contributed by atoms with Gasteiger partial charge >= 0.3 is 6.03 Å². The van der Waals surface area contributed by atoms with Gasteiger partial charge in [-0.15, -0.1) is 0 Å². The number of para-hydroxylation sites is 1. The van der Waals surface area contributed by atoms with Crippen molar-refractivity contribution in [3.8, 4) is 22.9 Å². The monoisotopic (exact) mass is 436 g/mol. The van der Waals surface area contributed by atoms with Crippen LogP contribution in [-0.2, 0) is 0 Å². The number of aromatic amines is 1. The first-order valence-electron chi connectivity index (χ1n) is 11.0. The van der Waals surface area contributed by atoms with Gasteiger partial charge in [-0.1, -0.05) is 13.0 Å². The van der Waals surface area contributed by atoms with E-state index in [2.05, 4.69) is 15.3 Å². The van der Waals surface area contributed by atoms with E-state index >= 15 is 0 Å². The molecule has 2 heterocycles. The number of nitrogens with one attached hydrogen (secondary N) is 2. The molecule has 0 unspecified atom stereocenters. The molecule has 0 saturated carbocycles. The van der Waals surface area contributed by atoms with Crippen molar-refractivity contribution in [2.45, 2.75) is 32.6 Å². The molecule has 0 spiro atoms. The minimum absolute atomic E-state index is 0.125. The highest BCUT2D eigenvalue weighted by Gasteiger charge is 2.18. The predicted octanol–water partition coefficient (Wildman–Crippen LogP) is 4.41. The third-order valence-electron chi connectivity index (χ3n) is 5.51. The van der Waals surface area contributed by atoms with E-state index in [1.54, 1.807) is 43.5 Å². The third kappa shape index (κ3) is 4.54. The van der Waals surface area contributed by atoms with Crippen molar-refractivity contribution in [2.24, 2.45) is 0 Å².